The van der Waals surface area contributed by atoms with Crippen molar-refractivity contribution in [2.24, 2.45) is 5.73 Å². The van der Waals surface area contributed by atoms with Crippen molar-refractivity contribution in [3.8, 4) is 11.4 Å². The monoisotopic (exact) mass is 333 g/mol. The minimum absolute atomic E-state index is 0.668. The van der Waals surface area contributed by atoms with Gasteiger partial charge in [0.1, 0.15) is 5.82 Å². The van der Waals surface area contributed by atoms with Gasteiger partial charge in [-0.3, -0.25) is 0 Å². The van der Waals surface area contributed by atoms with Crippen LogP contribution in [0.4, 0.5) is 0 Å². The first kappa shape index (κ1) is 13.8. The standard InChI is InChI=1S/C16H20BrN3/c1-11-5-6-12(17)10-13(11)16-19-14(7-8-18)15-4-2-3-9-20(15)16/h5-6,10H,2-4,7-9,18H2,1H3. The van der Waals surface area contributed by atoms with E-state index in [0.29, 0.717) is 6.54 Å². The highest BCUT2D eigenvalue weighted by atomic mass is 79.9. The van der Waals surface area contributed by atoms with E-state index in [0.717, 1.165) is 29.7 Å². The summed E-state index contributed by atoms with van der Waals surface area (Å²) in [5.41, 5.74) is 10.8. The normalized spacial score (nSPS) is 14.3. The van der Waals surface area contributed by atoms with Crippen LogP contribution >= 0.6 is 15.9 Å². The first-order valence-electron chi connectivity index (χ1n) is 7.25. The van der Waals surface area contributed by atoms with Crippen molar-refractivity contribution >= 4 is 15.9 Å². The molecule has 2 heterocycles. The molecule has 20 heavy (non-hydrogen) atoms. The maximum Gasteiger partial charge on any atom is 0.140 e. The van der Waals surface area contributed by atoms with Crippen LogP contribution < -0.4 is 5.73 Å². The van der Waals surface area contributed by atoms with Crippen LogP contribution in [0, 0.1) is 6.92 Å². The highest BCUT2D eigenvalue weighted by molar-refractivity contribution is 9.10. The Morgan fingerprint density at radius 3 is 3.00 bits per heavy atom. The Morgan fingerprint density at radius 2 is 2.20 bits per heavy atom. The van der Waals surface area contributed by atoms with E-state index in [1.807, 2.05) is 0 Å². The summed E-state index contributed by atoms with van der Waals surface area (Å²) in [6.07, 6.45) is 4.52. The Bertz CT molecular complexity index is 631. The summed E-state index contributed by atoms with van der Waals surface area (Å²) < 4.78 is 3.51. The lowest BCUT2D eigenvalue weighted by molar-refractivity contribution is 0.533. The van der Waals surface area contributed by atoms with Crippen LogP contribution in [0.15, 0.2) is 22.7 Å². The molecule has 1 aliphatic heterocycles. The van der Waals surface area contributed by atoms with Gasteiger partial charge < -0.3 is 10.3 Å². The number of hydrogen-bond donors (Lipinski definition) is 1. The fourth-order valence-electron chi connectivity index (χ4n) is 3.00. The third-order valence-corrected chi connectivity index (χ3v) is 4.52. The summed E-state index contributed by atoms with van der Waals surface area (Å²) in [7, 11) is 0. The second-order valence-electron chi connectivity index (χ2n) is 5.44. The highest BCUT2D eigenvalue weighted by Gasteiger charge is 2.21. The van der Waals surface area contributed by atoms with E-state index in [4.69, 9.17) is 10.7 Å². The SMILES string of the molecule is Cc1ccc(Br)cc1-c1nc(CCN)c2n1CCCC2. The number of halogens is 1. The summed E-state index contributed by atoms with van der Waals surface area (Å²) in [4.78, 5) is 4.92. The van der Waals surface area contributed by atoms with Gasteiger partial charge >= 0.3 is 0 Å². The molecule has 1 aliphatic rings. The highest BCUT2D eigenvalue weighted by Crippen LogP contribution is 2.31. The molecule has 3 rings (SSSR count). The lowest BCUT2D eigenvalue weighted by Gasteiger charge is -2.18. The van der Waals surface area contributed by atoms with Crippen molar-refractivity contribution in [3.63, 3.8) is 0 Å². The number of nitrogens with zero attached hydrogens (tertiary/aromatic N) is 2. The number of rotatable bonds is 3. The number of aryl methyl sites for hydroxylation is 1. The first-order chi connectivity index (χ1) is 9.70. The van der Waals surface area contributed by atoms with Gasteiger partial charge in [0.25, 0.3) is 0 Å². The zero-order chi connectivity index (χ0) is 14.1. The van der Waals surface area contributed by atoms with Crippen molar-refractivity contribution < 1.29 is 0 Å². The molecule has 0 atom stereocenters. The third-order valence-electron chi connectivity index (χ3n) is 4.02. The molecule has 0 unspecified atom stereocenters. The lowest BCUT2D eigenvalue weighted by atomic mass is 10.1. The molecule has 3 nitrogen and oxygen atoms in total. The number of hydrogen-bond acceptors (Lipinski definition) is 2. The Morgan fingerprint density at radius 1 is 1.35 bits per heavy atom. The average molecular weight is 334 g/mol. The molecule has 106 valence electrons. The molecule has 0 saturated heterocycles. The van der Waals surface area contributed by atoms with Gasteiger partial charge in [-0.25, -0.2) is 4.98 Å². The quantitative estimate of drug-likeness (QED) is 0.934. The summed E-state index contributed by atoms with van der Waals surface area (Å²) >= 11 is 3.57. The van der Waals surface area contributed by atoms with Gasteiger partial charge in [0.2, 0.25) is 0 Å². The minimum Gasteiger partial charge on any atom is -0.330 e. The molecular formula is C16H20BrN3. The molecule has 2 aromatic rings. The van der Waals surface area contributed by atoms with E-state index in [9.17, 15) is 0 Å². The minimum atomic E-state index is 0.668. The Balaban J connectivity index is 2.15. The maximum atomic E-state index is 5.74. The van der Waals surface area contributed by atoms with E-state index in [-0.39, 0.29) is 0 Å². The molecule has 0 saturated carbocycles. The van der Waals surface area contributed by atoms with Gasteiger partial charge in [0.05, 0.1) is 5.69 Å². The zero-order valence-electron chi connectivity index (χ0n) is 11.8. The number of benzene rings is 1. The van der Waals surface area contributed by atoms with Gasteiger partial charge in [0, 0.05) is 28.7 Å². The topological polar surface area (TPSA) is 43.8 Å². The van der Waals surface area contributed by atoms with Crippen LogP contribution in [0.25, 0.3) is 11.4 Å². The van der Waals surface area contributed by atoms with Gasteiger partial charge in [-0.15, -0.1) is 0 Å². The summed E-state index contributed by atoms with van der Waals surface area (Å²) in [6, 6.07) is 6.40. The van der Waals surface area contributed by atoms with E-state index in [2.05, 4.69) is 45.6 Å². The van der Waals surface area contributed by atoms with Crippen molar-refractivity contribution in [2.45, 2.75) is 39.2 Å². The number of imidazole rings is 1. The predicted octanol–water partition coefficient (Wildman–Crippen LogP) is 3.46. The van der Waals surface area contributed by atoms with E-state index in [1.54, 1.807) is 0 Å². The van der Waals surface area contributed by atoms with E-state index < -0.39 is 0 Å². The molecule has 1 aromatic carbocycles. The van der Waals surface area contributed by atoms with Crippen molar-refractivity contribution in [3.05, 3.63) is 39.6 Å². The largest absolute Gasteiger partial charge is 0.330 e. The molecule has 0 spiro atoms. The van der Waals surface area contributed by atoms with E-state index in [1.165, 1.54) is 35.4 Å². The molecule has 0 bridgehead atoms. The van der Waals surface area contributed by atoms with Gasteiger partial charge in [-0.05, 0) is 50.4 Å². The van der Waals surface area contributed by atoms with Crippen LogP contribution in [0.5, 0.6) is 0 Å². The van der Waals surface area contributed by atoms with Crippen LogP contribution in [-0.2, 0) is 19.4 Å². The fraction of sp³-hybridized carbons (Fsp3) is 0.438. The van der Waals surface area contributed by atoms with E-state index >= 15 is 0 Å². The zero-order valence-corrected chi connectivity index (χ0v) is 13.4. The first-order valence-corrected chi connectivity index (χ1v) is 8.05. The van der Waals surface area contributed by atoms with Crippen molar-refractivity contribution in [1.29, 1.82) is 0 Å². The molecule has 0 radical (unpaired) electrons. The summed E-state index contributed by atoms with van der Waals surface area (Å²) in [6.45, 7) is 3.89. The molecular weight excluding hydrogens is 314 g/mol. The number of nitrogens with two attached hydrogens (primary N) is 1. The van der Waals surface area contributed by atoms with Gasteiger partial charge in [-0.2, -0.15) is 0 Å². The molecule has 0 aliphatic carbocycles. The molecule has 4 heteroatoms. The number of fused-ring (bicyclic) bond motifs is 1. The fourth-order valence-corrected chi connectivity index (χ4v) is 3.36. The van der Waals surface area contributed by atoms with Gasteiger partial charge in [-0.1, -0.05) is 22.0 Å². The Hall–Kier alpha value is -1.13. The lowest BCUT2D eigenvalue weighted by Crippen LogP contribution is -2.13. The van der Waals surface area contributed by atoms with Gasteiger partial charge in [0.15, 0.2) is 0 Å². The Labute approximate surface area is 128 Å². The maximum absolute atomic E-state index is 5.74. The predicted molar refractivity (Wildman–Crippen MR) is 85.8 cm³/mol. The molecule has 1 aromatic heterocycles. The second kappa shape index (κ2) is 5.70. The summed E-state index contributed by atoms with van der Waals surface area (Å²) in [5, 5.41) is 0. The summed E-state index contributed by atoms with van der Waals surface area (Å²) in [5.74, 6) is 1.11. The molecule has 2 N–H and O–H groups in total. The average Bonchev–Trinajstić information content (AvgIpc) is 2.81. The Kier molecular flexibility index (Phi) is 3.94. The van der Waals surface area contributed by atoms with Crippen LogP contribution in [-0.4, -0.2) is 16.1 Å². The van der Waals surface area contributed by atoms with Crippen molar-refractivity contribution in [2.75, 3.05) is 6.54 Å². The van der Waals surface area contributed by atoms with Crippen LogP contribution in [0.1, 0.15) is 29.8 Å². The number of aromatic nitrogens is 2. The van der Waals surface area contributed by atoms with Crippen molar-refractivity contribution in [1.82, 2.24) is 9.55 Å². The molecule has 0 fully saturated rings. The van der Waals surface area contributed by atoms with Crippen LogP contribution in [0.2, 0.25) is 0 Å². The smallest absolute Gasteiger partial charge is 0.140 e. The second-order valence-corrected chi connectivity index (χ2v) is 6.35. The van der Waals surface area contributed by atoms with Crippen LogP contribution in [0.3, 0.4) is 0 Å². The molecule has 0 amide bonds. The third kappa shape index (κ3) is 2.42.